The molecule has 1 aromatic carbocycles. The zero-order valence-corrected chi connectivity index (χ0v) is 15.7. The summed E-state index contributed by atoms with van der Waals surface area (Å²) in [6, 6.07) is 7.70. The molecule has 1 heterocycles. The minimum Gasteiger partial charge on any atom is -0.495 e. The predicted molar refractivity (Wildman–Crippen MR) is 99.3 cm³/mol. The maximum atomic E-state index is 12.5. The molecule has 0 spiro atoms. The fraction of sp³-hybridized carbons (Fsp3) is 0.278. The van der Waals surface area contributed by atoms with E-state index in [2.05, 4.69) is 15.6 Å². The van der Waals surface area contributed by atoms with Crippen molar-refractivity contribution < 1.29 is 19.1 Å². The molecular formula is C18H20ClN3O4. The minimum atomic E-state index is -0.494. The Hall–Kier alpha value is -2.80. The Bertz CT molecular complexity index is 824. The Morgan fingerprint density at radius 2 is 1.65 bits per heavy atom. The first kappa shape index (κ1) is 19.5. The van der Waals surface area contributed by atoms with Crippen LogP contribution in [0.25, 0.3) is 0 Å². The molecule has 2 N–H and O–H groups in total. The van der Waals surface area contributed by atoms with E-state index < -0.39 is 5.91 Å². The van der Waals surface area contributed by atoms with Gasteiger partial charge in [0, 0.05) is 18.2 Å². The third kappa shape index (κ3) is 4.64. The summed E-state index contributed by atoms with van der Waals surface area (Å²) < 4.78 is 10.4. The Balaban J connectivity index is 2.27. The lowest BCUT2D eigenvalue weighted by Crippen LogP contribution is -2.31. The van der Waals surface area contributed by atoms with E-state index in [4.69, 9.17) is 21.1 Å². The van der Waals surface area contributed by atoms with Gasteiger partial charge >= 0.3 is 0 Å². The number of carbonyl (C=O) groups is 2. The van der Waals surface area contributed by atoms with Crippen LogP contribution in [0.3, 0.4) is 0 Å². The second kappa shape index (κ2) is 8.53. The summed E-state index contributed by atoms with van der Waals surface area (Å²) in [6.45, 7) is 3.68. The maximum absolute atomic E-state index is 12.5. The van der Waals surface area contributed by atoms with Crippen LogP contribution in [-0.4, -0.2) is 37.1 Å². The standard InChI is InChI=1S/C18H20ClN3O4/c1-10(2)20-17(23)12-6-5-7-13(21-12)18(24)22-14-9-15(25-3)11(19)8-16(14)26-4/h5-10H,1-4H3,(H,20,23)(H,22,24). The molecule has 7 nitrogen and oxygen atoms in total. The van der Waals surface area contributed by atoms with Crippen LogP contribution in [0.15, 0.2) is 30.3 Å². The number of anilines is 1. The molecular weight excluding hydrogens is 358 g/mol. The van der Waals surface area contributed by atoms with Crippen LogP contribution in [0.5, 0.6) is 11.5 Å². The van der Waals surface area contributed by atoms with E-state index in [0.29, 0.717) is 22.2 Å². The number of hydrogen-bond acceptors (Lipinski definition) is 5. The van der Waals surface area contributed by atoms with Crippen molar-refractivity contribution in [2.45, 2.75) is 19.9 Å². The number of benzene rings is 1. The molecule has 0 aliphatic rings. The number of halogens is 1. The molecule has 0 aliphatic carbocycles. The van der Waals surface area contributed by atoms with Crippen molar-refractivity contribution in [3.63, 3.8) is 0 Å². The fourth-order valence-corrected chi connectivity index (χ4v) is 2.40. The molecule has 1 aromatic heterocycles. The first-order chi connectivity index (χ1) is 12.3. The SMILES string of the molecule is COc1cc(NC(=O)c2cccc(C(=O)NC(C)C)n2)c(OC)cc1Cl. The Kier molecular flexibility index (Phi) is 6.41. The Labute approximate surface area is 156 Å². The molecule has 0 aliphatic heterocycles. The third-order valence-corrected chi connectivity index (χ3v) is 3.65. The Morgan fingerprint density at radius 3 is 2.23 bits per heavy atom. The first-order valence-corrected chi connectivity index (χ1v) is 8.24. The molecule has 0 bridgehead atoms. The van der Waals surface area contributed by atoms with Crippen molar-refractivity contribution in [1.82, 2.24) is 10.3 Å². The van der Waals surface area contributed by atoms with Crippen molar-refractivity contribution in [2.75, 3.05) is 19.5 Å². The van der Waals surface area contributed by atoms with Gasteiger partial charge < -0.3 is 20.1 Å². The summed E-state index contributed by atoms with van der Waals surface area (Å²) >= 11 is 6.06. The van der Waals surface area contributed by atoms with Gasteiger partial charge in [-0.1, -0.05) is 17.7 Å². The number of pyridine rings is 1. The van der Waals surface area contributed by atoms with E-state index in [-0.39, 0.29) is 23.3 Å². The number of methoxy groups -OCH3 is 2. The molecule has 0 saturated heterocycles. The summed E-state index contributed by atoms with van der Waals surface area (Å²) in [5.41, 5.74) is 0.627. The predicted octanol–water partition coefficient (Wildman–Crippen LogP) is 3.14. The van der Waals surface area contributed by atoms with E-state index in [1.54, 1.807) is 18.2 Å². The highest BCUT2D eigenvalue weighted by Crippen LogP contribution is 2.36. The molecule has 2 aromatic rings. The second-order valence-electron chi connectivity index (χ2n) is 5.68. The molecule has 26 heavy (non-hydrogen) atoms. The second-order valence-corrected chi connectivity index (χ2v) is 6.08. The molecule has 0 saturated carbocycles. The van der Waals surface area contributed by atoms with Crippen molar-refractivity contribution in [3.05, 3.63) is 46.7 Å². The smallest absolute Gasteiger partial charge is 0.274 e. The largest absolute Gasteiger partial charge is 0.495 e. The number of aromatic nitrogens is 1. The van der Waals surface area contributed by atoms with Gasteiger partial charge in [-0.05, 0) is 26.0 Å². The van der Waals surface area contributed by atoms with Crippen LogP contribution in [-0.2, 0) is 0 Å². The van der Waals surface area contributed by atoms with Crippen LogP contribution in [0, 0.1) is 0 Å². The van der Waals surface area contributed by atoms with Gasteiger partial charge in [0.1, 0.15) is 22.9 Å². The number of ether oxygens (including phenoxy) is 2. The highest BCUT2D eigenvalue weighted by Gasteiger charge is 2.16. The highest BCUT2D eigenvalue weighted by molar-refractivity contribution is 6.32. The molecule has 8 heteroatoms. The normalized spacial score (nSPS) is 10.4. The van der Waals surface area contributed by atoms with Crippen LogP contribution in [0.4, 0.5) is 5.69 Å². The van der Waals surface area contributed by atoms with Crippen LogP contribution in [0.2, 0.25) is 5.02 Å². The topological polar surface area (TPSA) is 89.5 Å². The molecule has 0 unspecified atom stereocenters. The Morgan fingerprint density at radius 1 is 1.04 bits per heavy atom. The summed E-state index contributed by atoms with van der Waals surface area (Å²) in [4.78, 5) is 28.7. The number of amides is 2. The number of nitrogens with one attached hydrogen (secondary N) is 2. The van der Waals surface area contributed by atoms with Crippen molar-refractivity contribution in [2.24, 2.45) is 0 Å². The molecule has 0 fully saturated rings. The summed E-state index contributed by atoms with van der Waals surface area (Å²) in [5.74, 6) is -0.0779. The number of rotatable bonds is 6. The average molecular weight is 378 g/mol. The van der Waals surface area contributed by atoms with Gasteiger partial charge in [0.25, 0.3) is 11.8 Å². The highest BCUT2D eigenvalue weighted by atomic mass is 35.5. The minimum absolute atomic E-state index is 0.0347. The summed E-state index contributed by atoms with van der Waals surface area (Å²) in [5, 5.41) is 5.77. The lowest BCUT2D eigenvalue weighted by Gasteiger charge is -2.13. The number of nitrogens with zero attached hydrogens (tertiary/aromatic N) is 1. The molecule has 0 radical (unpaired) electrons. The van der Waals surface area contributed by atoms with Crippen molar-refractivity contribution in [1.29, 1.82) is 0 Å². The van der Waals surface area contributed by atoms with Gasteiger partial charge in [-0.3, -0.25) is 9.59 Å². The maximum Gasteiger partial charge on any atom is 0.274 e. The quantitative estimate of drug-likeness (QED) is 0.807. The van der Waals surface area contributed by atoms with E-state index >= 15 is 0 Å². The van der Waals surface area contributed by atoms with Gasteiger partial charge in [-0.15, -0.1) is 0 Å². The van der Waals surface area contributed by atoms with Crippen molar-refractivity contribution >= 4 is 29.1 Å². The van der Waals surface area contributed by atoms with E-state index in [1.807, 2.05) is 13.8 Å². The summed E-state index contributed by atoms with van der Waals surface area (Å²) in [6.07, 6.45) is 0. The van der Waals surface area contributed by atoms with E-state index in [9.17, 15) is 9.59 Å². The molecule has 2 rings (SSSR count). The average Bonchev–Trinajstić information content (AvgIpc) is 2.62. The number of hydrogen-bond donors (Lipinski definition) is 2. The lowest BCUT2D eigenvalue weighted by atomic mass is 10.2. The van der Waals surface area contributed by atoms with Gasteiger partial charge in [0.05, 0.1) is 24.9 Å². The number of carbonyl (C=O) groups excluding carboxylic acids is 2. The zero-order chi connectivity index (χ0) is 19.3. The van der Waals surface area contributed by atoms with Crippen LogP contribution < -0.4 is 20.1 Å². The third-order valence-electron chi connectivity index (χ3n) is 3.36. The van der Waals surface area contributed by atoms with E-state index in [0.717, 1.165) is 0 Å². The monoisotopic (exact) mass is 377 g/mol. The lowest BCUT2D eigenvalue weighted by molar-refractivity contribution is 0.0938. The van der Waals surface area contributed by atoms with Gasteiger partial charge in [-0.2, -0.15) is 0 Å². The first-order valence-electron chi connectivity index (χ1n) is 7.86. The van der Waals surface area contributed by atoms with Crippen LogP contribution in [0.1, 0.15) is 34.8 Å². The molecule has 2 amide bonds. The van der Waals surface area contributed by atoms with E-state index in [1.165, 1.54) is 26.4 Å². The molecule has 0 atom stereocenters. The van der Waals surface area contributed by atoms with Gasteiger partial charge in [0.2, 0.25) is 0 Å². The van der Waals surface area contributed by atoms with Crippen LogP contribution >= 0.6 is 11.6 Å². The van der Waals surface area contributed by atoms with Crippen molar-refractivity contribution in [3.8, 4) is 11.5 Å². The van der Waals surface area contributed by atoms with Gasteiger partial charge in [-0.25, -0.2) is 4.98 Å². The molecule has 138 valence electrons. The summed E-state index contributed by atoms with van der Waals surface area (Å²) in [7, 11) is 2.93. The fourth-order valence-electron chi connectivity index (χ4n) is 2.17. The van der Waals surface area contributed by atoms with Gasteiger partial charge in [0.15, 0.2) is 0 Å². The zero-order valence-electron chi connectivity index (χ0n) is 14.9.